The van der Waals surface area contributed by atoms with Gasteiger partial charge in [-0.2, -0.15) is 0 Å². The van der Waals surface area contributed by atoms with Crippen LogP contribution in [0.1, 0.15) is 35.3 Å². The van der Waals surface area contributed by atoms with Gasteiger partial charge in [0.15, 0.2) is 11.5 Å². The van der Waals surface area contributed by atoms with Crippen LogP contribution in [0.5, 0.6) is 11.5 Å². The second-order valence-corrected chi connectivity index (χ2v) is 6.16. The maximum atomic E-state index is 12.8. The first-order chi connectivity index (χ1) is 12.5. The van der Waals surface area contributed by atoms with E-state index in [-0.39, 0.29) is 17.6 Å². The van der Waals surface area contributed by atoms with Crippen molar-refractivity contribution < 1.29 is 19.2 Å². The fourth-order valence-electron chi connectivity index (χ4n) is 2.80. The van der Waals surface area contributed by atoms with E-state index in [0.717, 1.165) is 6.42 Å². The van der Waals surface area contributed by atoms with Gasteiger partial charge in [0, 0.05) is 31.2 Å². The number of rotatable bonds is 4. The first-order valence-electron chi connectivity index (χ1n) is 8.38. The molecule has 0 saturated heterocycles. The summed E-state index contributed by atoms with van der Waals surface area (Å²) in [4.78, 5) is 24.9. The summed E-state index contributed by atoms with van der Waals surface area (Å²) in [7, 11) is 1.68. The van der Waals surface area contributed by atoms with Gasteiger partial charge < -0.3 is 14.4 Å². The number of non-ortho nitro benzene ring substituents is 1. The number of hydrogen-bond acceptors (Lipinski definition) is 5. The molecule has 136 valence electrons. The molecule has 0 spiro atoms. The highest BCUT2D eigenvalue weighted by molar-refractivity contribution is 5.95. The highest BCUT2D eigenvalue weighted by atomic mass is 16.6. The van der Waals surface area contributed by atoms with Gasteiger partial charge in [-0.1, -0.05) is 12.1 Å². The second-order valence-electron chi connectivity index (χ2n) is 6.16. The van der Waals surface area contributed by atoms with Gasteiger partial charge in [-0.3, -0.25) is 14.9 Å². The molecular weight excluding hydrogens is 336 g/mol. The molecule has 2 aromatic rings. The molecule has 1 aliphatic heterocycles. The van der Waals surface area contributed by atoms with Crippen LogP contribution in [0.3, 0.4) is 0 Å². The number of carbonyl (C=O) groups is 1. The van der Waals surface area contributed by atoms with Gasteiger partial charge in [0.1, 0.15) is 0 Å². The van der Waals surface area contributed by atoms with Crippen LogP contribution in [0, 0.1) is 10.1 Å². The molecule has 0 N–H and O–H groups in total. The van der Waals surface area contributed by atoms with Crippen LogP contribution in [0.25, 0.3) is 0 Å². The lowest BCUT2D eigenvalue weighted by Crippen LogP contribution is -2.29. The number of benzene rings is 2. The summed E-state index contributed by atoms with van der Waals surface area (Å²) in [5, 5.41) is 11.0. The summed E-state index contributed by atoms with van der Waals surface area (Å²) in [6.07, 6.45) is 0.793. The molecule has 0 saturated carbocycles. The fraction of sp³-hybridized carbons (Fsp3) is 0.316. The number of nitro benzene ring substituents is 1. The normalized spacial score (nSPS) is 14.2. The lowest BCUT2D eigenvalue weighted by molar-refractivity contribution is -0.384. The van der Waals surface area contributed by atoms with Crippen LogP contribution < -0.4 is 9.47 Å². The van der Waals surface area contributed by atoms with E-state index in [1.807, 2.05) is 6.92 Å². The highest BCUT2D eigenvalue weighted by Crippen LogP contribution is 2.32. The number of amides is 1. The smallest absolute Gasteiger partial charge is 0.269 e. The third-order valence-corrected chi connectivity index (χ3v) is 4.46. The van der Waals surface area contributed by atoms with Crippen LogP contribution in [0.2, 0.25) is 0 Å². The predicted molar refractivity (Wildman–Crippen MR) is 95.7 cm³/mol. The third-order valence-electron chi connectivity index (χ3n) is 4.46. The molecule has 0 fully saturated rings. The average molecular weight is 356 g/mol. The van der Waals surface area contributed by atoms with Gasteiger partial charge in [-0.15, -0.1) is 0 Å². The van der Waals surface area contributed by atoms with E-state index >= 15 is 0 Å². The molecule has 26 heavy (non-hydrogen) atoms. The van der Waals surface area contributed by atoms with E-state index in [0.29, 0.717) is 35.8 Å². The Bertz CT molecular complexity index is 836. The second kappa shape index (κ2) is 7.43. The van der Waals surface area contributed by atoms with Crippen LogP contribution in [-0.4, -0.2) is 36.0 Å². The zero-order valence-electron chi connectivity index (χ0n) is 14.7. The largest absolute Gasteiger partial charge is 0.490 e. The molecular formula is C19H20N2O5. The van der Waals surface area contributed by atoms with Gasteiger partial charge >= 0.3 is 0 Å². The number of carbonyl (C=O) groups excluding carboxylic acids is 1. The van der Waals surface area contributed by atoms with Crippen molar-refractivity contribution in [1.82, 2.24) is 4.90 Å². The molecule has 0 radical (unpaired) electrons. The van der Waals surface area contributed by atoms with Gasteiger partial charge in [0.05, 0.1) is 24.2 Å². The molecule has 0 aromatic heterocycles. The van der Waals surface area contributed by atoms with Crippen molar-refractivity contribution in [2.75, 3.05) is 20.3 Å². The van der Waals surface area contributed by atoms with Crippen molar-refractivity contribution in [2.24, 2.45) is 0 Å². The minimum Gasteiger partial charge on any atom is -0.490 e. The molecule has 1 aliphatic rings. The zero-order valence-corrected chi connectivity index (χ0v) is 14.7. The Kier molecular flexibility index (Phi) is 5.06. The quantitative estimate of drug-likeness (QED) is 0.618. The number of nitrogens with zero attached hydrogens (tertiary/aromatic N) is 2. The Morgan fingerprint density at radius 3 is 2.62 bits per heavy atom. The SMILES string of the molecule is C[C@H](c1cccc([N+](=O)[O-])c1)N(C)C(=O)c1ccc2c(c1)OCCCO2. The summed E-state index contributed by atoms with van der Waals surface area (Å²) >= 11 is 0. The highest BCUT2D eigenvalue weighted by Gasteiger charge is 2.22. The Morgan fingerprint density at radius 1 is 1.15 bits per heavy atom. The van der Waals surface area contributed by atoms with E-state index in [2.05, 4.69) is 0 Å². The Hall–Kier alpha value is -3.09. The summed E-state index contributed by atoms with van der Waals surface area (Å²) in [5.74, 6) is 0.998. The van der Waals surface area contributed by atoms with Gasteiger partial charge in [0.25, 0.3) is 11.6 Å². The van der Waals surface area contributed by atoms with Crippen molar-refractivity contribution in [3.63, 3.8) is 0 Å². The lowest BCUT2D eigenvalue weighted by atomic mass is 10.1. The predicted octanol–water partition coefficient (Wildman–Crippen LogP) is 3.59. The Labute approximate surface area is 151 Å². The van der Waals surface area contributed by atoms with E-state index in [9.17, 15) is 14.9 Å². The Balaban J connectivity index is 1.82. The fourth-order valence-corrected chi connectivity index (χ4v) is 2.80. The van der Waals surface area contributed by atoms with E-state index in [1.165, 1.54) is 12.1 Å². The minimum absolute atomic E-state index is 0.00535. The summed E-state index contributed by atoms with van der Waals surface area (Å²) in [5.41, 5.74) is 1.18. The summed E-state index contributed by atoms with van der Waals surface area (Å²) in [6, 6.07) is 11.1. The van der Waals surface area contributed by atoms with Gasteiger partial charge in [0.2, 0.25) is 0 Å². The molecule has 1 atom stereocenters. The molecule has 0 aliphatic carbocycles. The zero-order chi connectivity index (χ0) is 18.7. The van der Waals surface area contributed by atoms with Crippen LogP contribution >= 0.6 is 0 Å². The van der Waals surface area contributed by atoms with Crippen molar-refractivity contribution in [1.29, 1.82) is 0 Å². The van der Waals surface area contributed by atoms with Crippen molar-refractivity contribution in [3.8, 4) is 11.5 Å². The van der Waals surface area contributed by atoms with Gasteiger partial charge in [-0.05, 0) is 30.7 Å². The van der Waals surface area contributed by atoms with E-state index in [4.69, 9.17) is 9.47 Å². The maximum absolute atomic E-state index is 12.8. The van der Waals surface area contributed by atoms with Crippen LogP contribution in [-0.2, 0) is 0 Å². The molecule has 2 aromatic carbocycles. The monoisotopic (exact) mass is 356 g/mol. The van der Waals surface area contributed by atoms with Crippen molar-refractivity contribution >= 4 is 11.6 Å². The molecule has 0 bridgehead atoms. The number of nitro groups is 1. The molecule has 7 heteroatoms. The van der Waals surface area contributed by atoms with Crippen LogP contribution in [0.15, 0.2) is 42.5 Å². The van der Waals surface area contributed by atoms with Crippen molar-refractivity contribution in [2.45, 2.75) is 19.4 Å². The Morgan fingerprint density at radius 2 is 1.88 bits per heavy atom. The maximum Gasteiger partial charge on any atom is 0.269 e. The molecule has 1 amide bonds. The third kappa shape index (κ3) is 3.61. The minimum atomic E-state index is -0.443. The van der Waals surface area contributed by atoms with E-state index in [1.54, 1.807) is 42.3 Å². The number of fused-ring (bicyclic) bond motifs is 1. The van der Waals surface area contributed by atoms with Crippen molar-refractivity contribution in [3.05, 3.63) is 63.7 Å². The van der Waals surface area contributed by atoms with Crippen LogP contribution in [0.4, 0.5) is 5.69 Å². The lowest BCUT2D eigenvalue weighted by Gasteiger charge is -2.25. The van der Waals surface area contributed by atoms with Gasteiger partial charge in [-0.25, -0.2) is 0 Å². The molecule has 7 nitrogen and oxygen atoms in total. The first kappa shape index (κ1) is 17.7. The molecule has 1 heterocycles. The van der Waals surface area contributed by atoms with E-state index < -0.39 is 4.92 Å². The number of ether oxygens (including phenoxy) is 2. The standard InChI is InChI=1S/C19H20N2O5/c1-13(14-5-3-6-16(11-14)21(23)24)20(2)19(22)15-7-8-17-18(12-15)26-10-4-9-25-17/h3,5-8,11-13H,4,9-10H2,1-2H3/t13-/m1/s1. The summed E-state index contributed by atoms with van der Waals surface area (Å²) in [6.45, 7) is 2.97. The topological polar surface area (TPSA) is 81.9 Å². The average Bonchev–Trinajstić information content (AvgIpc) is 2.91. The summed E-state index contributed by atoms with van der Waals surface area (Å²) < 4.78 is 11.2. The number of hydrogen-bond donors (Lipinski definition) is 0. The molecule has 3 rings (SSSR count). The first-order valence-corrected chi connectivity index (χ1v) is 8.38. The molecule has 0 unspecified atom stereocenters.